The predicted octanol–water partition coefficient (Wildman–Crippen LogP) is 3.02. The molecule has 1 aliphatic heterocycles. The molecular formula is C16H21N3O. The van der Waals surface area contributed by atoms with Crippen LogP contribution >= 0.6 is 0 Å². The Kier molecular flexibility index (Phi) is 3.24. The van der Waals surface area contributed by atoms with E-state index in [2.05, 4.69) is 30.7 Å². The van der Waals surface area contributed by atoms with Crippen LogP contribution in [0.4, 0.5) is 5.82 Å². The summed E-state index contributed by atoms with van der Waals surface area (Å²) >= 11 is 0. The number of piperidine rings is 1. The first-order valence-electron chi connectivity index (χ1n) is 7.30. The Hall–Kier alpha value is -1.84. The summed E-state index contributed by atoms with van der Waals surface area (Å²) in [5, 5.41) is 0. The molecule has 2 aromatic heterocycles. The minimum atomic E-state index is 0.412. The van der Waals surface area contributed by atoms with E-state index in [0.717, 1.165) is 24.3 Å². The molecule has 0 spiro atoms. The van der Waals surface area contributed by atoms with Crippen LogP contribution in [0.3, 0.4) is 0 Å². The molecule has 106 valence electrons. The fraction of sp³-hybridized carbons (Fsp3) is 0.500. The van der Waals surface area contributed by atoms with Crippen LogP contribution in [0.1, 0.15) is 37.7 Å². The van der Waals surface area contributed by atoms with Gasteiger partial charge in [-0.15, -0.1) is 0 Å². The van der Waals surface area contributed by atoms with Crippen molar-refractivity contribution in [2.24, 2.45) is 11.8 Å². The number of imidazole rings is 1. The number of fused-ring (bicyclic) bond motifs is 1. The Bertz CT molecular complexity index is 634. The van der Waals surface area contributed by atoms with E-state index in [1.165, 1.54) is 6.42 Å². The summed E-state index contributed by atoms with van der Waals surface area (Å²) in [5.74, 6) is 2.07. The quantitative estimate of drug-likeness (QED) is 0.788. The van der Waals surface area contributed by atoms with Crippen LogP contribution in [0.25, 0.3) is 5.65 Å². The Balaban J connectivity index is 2.11. The predicted molar refractivity (Wildman–Crippen MR) is 80.3 cm³/mol. The summed E-state index contributed by atoms with van der Waals surface area (Å²) < 4.78 is 1.87. The average molecular weight is 271 g/mol. The monoisotopic (exact) mass is 271 g/mol. The van der Waals surface area contributed by atoms with E-state index in [1.54, 1.807) is 0 Å². The third-order valence-corrected chi connectivity index (χ3v) is 4.53. The number of carbonyl (C=O) groups is 1. The highest BCUT2D eigenvalue weighted by atomic mass is 16.1. The zero-order chi connectivity index (χ0) is 14.3. The van der Waals surface area contributed by atoms with E-state index >= 15 is 0 Å². The van der Waals surface area contributed by atoms with Crippen LogP contribution in [0.2, 0.25) is 0 Å². The highest BCUT2D eigenvalue weighted by Crippen LogP contribution is 2.32. The number of nitrogens with zero attached hydrogens (tertiary/aromatic N) is 3. The largest absolute Gasteiger partial charge is 0.351 e. The van der Waals surface area contributed by atoms with Crippen LogP contribution in [0, 0.1) is 11.8 Å². The normalized spacial score (nSPS) is 26.9. The van der Waals surface area contributed by atoms with Crippen molar-refractivity contribution in [2.75, 3.05) is 11.4 Å². The summed E-state index contributed by atoms with van der Waals surface area (Å²) in [6.45, 7) is 7.75. The molecular weight excluding hydrogens is 250 g/mol. The van der Waals surface area contributed by atoms with Gasteiger partial charge in [0.15, 0.2) is 12.1 Å². The van der Waals surface area contributed by atoms with E-state index in [0.29, 0.717) is 23.6 Å². The molecule has 3 unspecified atom stereocenters. The fourth-order valence-corrected chi connectivity index (χ4v) is 3.32. The fourth-order valence-electron chi connectivity index (χ4n) is 3.32. The molecule has 3 atom stereocenters. The van der Waals surface area contributed by atoms with Gasteiger partial charge in [-0.05, 0) is 37.3 Å². The molecule has 3 heterocycles. The van der Waals surface area contributed by atoms with E-state index in [1.807, 2.05) is 28.8 Å². The Morgan fingerprint density at radius 1 is 1.30 bits per heavy atom. The zero-order valence-electron chi connectivity index (χ0n) is 12.3. The standard InChI is InChI=1S/C16H21N3O/c1-11-8-12(2)13(3)19(9-11)16-14(10-20)18-7-5-4-6-15(18)17-16/h4-7,10-13H,8-9H2,1-3H3. The van der Waals surface area contributed by atoms with Gasteiger partial charge in [0.1, 0.15) is 11.3 Å². The average Bonchev–Trinajstić information content (AvgIpc) is 2.81. The molecule has 0 bridgehead atoms. The molecule has 0 radical (unpaired) electrons. The lowest BCUT2D eigenvalue weighted by Gasteiger charge is -2.41. The maximum Gasteiger partial charge on any atom is 0.170 e. The molecule has 3 rings (SSSR count). The first-order chi connectivity index (χ1) is 9.61. The van der Waals surface area contributed by atoms with Crippen LogP contribution < -0.4 is 4.90 Å². The Labute approximate surface area is 119 Å². The topological polar surface area (TPSA) is 37.6 Å². The minimum Gasteiger partial charge on any atom is -0.351 e. The van der Waals surface area contributed by atoms with E-state index < -0.39 is 0 Å². The second kappa shape index (κ2) is 4.93. The van der Waals surface area contributed by atoms with Crippen LogP contribution in [0.15, 0.2) is 24.4 Å². The molecule has 1 aliphatic rings. The van der Waals surface area contributed by atoms with Crippen molar-refractivity contribution in [3.63, 3.8) is 0 Å². The first-order valence-corrected chi connectivity index (χ1v) is 7.30. The maximum absolute atomic E-state index is 11.5. The van der Waals surface area contributed by atoms with Crippen molar-refractivity contribution in [3.8, 4) is 0 Å². The summed E-state index contributed by atoms with van der Waals surface area (Å²) in [5.41, 5.74) is 1.50. The van der Waals surface area contributed by atoms with Gasteiger partial charge < -0.3 is 4.90 Å². The molecule has 1 fully saturated rings. The van der Waals surface area contributed by atoms with Crippen molar-refractivity contribution < 1.29 is 4.79 Å². The second-order valence-corrected chi connectivity index (χ2v) is 6.08. The Morgan fingerprint density at radius 3 is 2.85 bits per heavy atom. The van der Waals surface area contributed by atoms with Gasteiger partial charge in [-0.3, -0.25) is 9.20 Å². The molecule has 2 aromatic rings. The number of rotatable bonds is 2. The van der Waals surface area contributed by atoms with Gasteiger partial charge in [0, 0.05) is 18.8 Å². The number of pyridine rings is 1. The van der Waals surface area contributed by atoms with Crippen LogP contribution in [-0.2, 0) is 0 Å². The highest BCUT2D eigenvalue weighted by Gasteiger charge is 2.32. The molecule has 1 saturated heterocycles. The minimum absolute atomic E-state index is 0.412. The molecule has 20 heavy (non-hydrogen) atoms. The second-order valence-electron chi connectivity index (χ2n) is 6.08. The maximum atomic E-state index is 11.5. The van der Waals surface area contributed by atoms with Gasteiger partial charge >= 0.3 is 0 Å². The molecule has 0 aromatic carbocycles. The number of anilines is 1. The lowest BCUT2D eigenvalue weighted by atomic mass is 9.86. The van der Waals surface area contributed by atoms with Crippen molar-refractivity contribution >= 4 is 17.8 Å². The number of aromatic nitrogens is 2. The first kappa shape index (κ1) is 13.2. The summed E-state index contributed by atoms with van der Waals surface area (Å²) in [6, 6.07) is 6.23. The molecule has 4 heteroatoms. The lowest BCUT2D eigenvalue weighted by molar-refractivity contribution is 0.111. The van der Waals surface area contributed by atoms with Crippen molar-refractivity contribution in [1.82, 2.24) is 9.38 Å². The Morgan fingerprint density at radius 2 is 2.10 bits per heavy atom. The van der Waals surface area contributed by atoms with E-state index in [4.69, 9.17) is 0 Å². The summed E-state index contributed by atoms with van der Waals surface area (Å²) in [7, 11) is 0. The zero-order valence-corrected chi connectivity index (χ0v) is 12.3. The van der Waals surface area contributed by atoms with Gasteiger partial charge in [-0.2, -0.15) is 0 Å². The molecule has 0 amide bonds. The van der Waals surface area contributed by atoms with Gasteiger partial charge in [0.25, 0.3) is 0 Å². The molecule has 4 nitrogen and oxygen atoms in total. The van der Waals surface area contributed by atoms with E-state index in [9.17, 15) is 4.79 Å². The third kappa shape index (κ3) is 1.99. The highest BCUT2D eigenvalue weighted by molar-refractivity contribution is 5.83. The number of hydrogen-bond acceptors (Lipinski definition) is 3. The smallest absolute Gasteiger partial charge is 0.170 e. The van der Waals surface area contributed by atoms with Gasteiger partial charge in [0.05, 0.1) is 0 Å². The van der Waals surface area contributed by atoms with Gasteiger partial charge in [-0.1, -0.05) is 19.9 Å². The SMILES string of the molecule is CC1CC(C)C(C)N(c2nc3ccccn3c2C=O)C1. The molecule has 0 N–H and O–H groups in total. The van der Waals surface area contributed by atoms with Gasteiger partial charge in [-0.25, -0.2) is 4.98 Å². The van der Waals surface area contributed by atoms with Crippen molar-refractivity contribution in [3.05, 3.63) is 30.1 Å². The third-order valence-electron chi connectivity index (χ3n) is 4.53. The van der Waals surface area contributed by atoms with Crippen molar-refractivity contribution in [1.29, 1.82) is 0 Å². The number of carbonyl (C=O) groups excluding carboxylic acids is 1. The van der Waals surface area contributed by atoms with E-state index in [-0.39, 0.29) is 0 Å². The van der Waals surface area contributed by atoms with Gasteiger partial charge in [0.2, 0.25) is 0 Å². The van der Waals surface area contributed by atoms with Crippen LogP contribution in [0.5, 0.6) is 0 Å². The number of hydrogen-bond donors (Lipinski definition) is 0. The summed E-state index contributed by atoms with van der Waals surface area (Å²) in [4.78, 5) is 18.5. The van der Waals surface area contributed by atoms with Crippen molar-refractivity contribution in [2.45, 2.75) is 33.2 Å². The molecule has 0 saturated carbocycles. The summed E-state index contributed by atoms with van der Waals surface area (Å²) in [6.07, 6.45) is 4.06. The number of aldehydes is 1. The molecule has 0 aliphatic carbocycles. The van der Waals surface area contributed by atoms with Crippen LogP contribution in [-0.4, -0.2) is 28.3 Å². The lowest BCUT2D eigenvalue weighted by Crippen LogP contribution is -2.46.